The number of aromatic nitrogens is 1. The van der Waals surface area contributed by atoms with Crippen LogP contribution in [0, 0.1) is 0 Å². The predicted molar refractivity (Wildman–Crippen MR) is 110 cm³/mol. The van der Waals surface area contributed by atoms with E-state index in [0.29, 0.717) is 25.1 Å². The molecule has 0 bridgehead atoms. The van der Waals surface area contributed by atoms with Gasteiger partial charge >= 0.3 is 12.4 Å². The van der Waals surface area contributed by atoms with Crippen molar-refractivity contribution in [3.05, 3.63) is 41.1 Å². The van der Waals surface area contributed by atoms with E-state index in [2.05, 4.69) is 24.1 Å². The summed E-state index contributed by atoms with van der Waals surface area (Å²) in [6.45, 7) is 8.84. The van der Waals surface area contributed by atoms with Crippen molar-refractivity contribution in [2.24, 2.45) is 0 Å². The van der Waals surface area contributed by atoms with E-state index < -0.39 is 41.3 Å². The molecule has 2 N–H and O–H groups in total. The number of rotatable bonds is 2. The van der Waals surface area contributed by atoms with Crippen LogP contribution >= 0.6 is 0 Å². The van der Waals surface area contributed by atoms with Crippen LogP contribution in [0.5, 0.6) is 0 Å². The van der Waals surface area contributed by atoms with Gasteiger partial charge in [0.15, 0.2) is 0 Å². The fourth-order valence-electron chi connectivity index (χ4n) is 3.26. The Morgan fingerprint density at radius 2 is 1.68 bits per heavy atom. The molecule has 0 amide bonds. The average Bonchev–Trinajstić information content (AvgIpc) is 2.73. The Kier molecular flexibility index (Phi) is 10.2. The average molecular weight is 452 g/mol. The van der Waals surface area contributed by atoms with Gasteiger partial charge in [0.25, 0.3) is 0 Å². The number of para-hydroxylation sites is 1. The van der Waals surface area contributed by atoms with Crippen LogP contribution in [-0.4, -0.2) is 22.7 Å². The molecule has 2 atom stereocenters. The topological polar surface area (TPSA) is 45.2 Å². The smallest absolute Gasteiger partial charge is 0.387 e. The largest absolute Gasteiger partial charge is 0.433 e. The maximum atomic E-state index is 13.2. The number of aliphatic hydroxyl groups excluding tert-OH is 1. The Labute approximate surface area is 178 Å². The Hall–Kier alpha value is -1.87. The minimum Gasteiger partial charge on any atom is -0.387 e. The van der Waals surface area contributed by atoms with Crippen molar-refractivity contribution in [1.29, 1.82) is 0 Å². The second-order valence-corrected chi connectivity index (χ2v) is 7.00. The van der Waals surface area contributed by atoms with E-state index in [1.807, 2.05) is 13.8 Å². The van der Waals surface area contributed by atoms with Gasteiger partial charge in [0, 0.05) is 11.4 Å². The summed E-state index contributed by atoms with van der Waals surface area (Å²) in [5.74, 6) is 0. The van der Waals surface area contributed by atoms with Crippen LogP contribution in [0.1, 0.15) is 76.3 Å². The normalized spacial score (nSPS) is 17.8. The molecule has 3 nitrogen and oxygen atoms in total. The van der Waals surface area contributed by atoms with E-state index in [0.717, 1.165) is 18.9 Å². The fourth-order valence-corrected chi connectivity index (χ4v) is 3.26. The van der Waals surface area contributed by atoms with Crippen molar-refractivity contribution in [3.8, 4) is 0 Å². The number of aliphatic hydroxyl groups is 1. The highest BCUT2D eigenvalue weighted by Gasteiger charge is 2.38. The van der Waals surface area contributed by atoms with Crippen molar-refractivity contribution in [2.75, 3.05) is 6.54 Å². The third-order valence-corrected chi connectivity index (χ3v) is 4.52. The summed E-state index contributed by atoms with van der Waals surface area (Å²) in [5, 5.41) is 13.5. The van der Waals surface area contributed by atoms with E-state index in [1.54, 1.807) is 0 Å². The maximum Gasteiger partial charge on any atom is 0.433 e. The van der Waals surface area contributed by atoms with Crippen molar-refractivity contribution >= 4 is 10.9 Å². The molecule has 31 heavy (non-hydrogen) atoms. The molecule has 0 aliphatic carbocycles. The molecule has 0 radical (unpaired) electrons. The number of alkyl halides is 6. The summed E-state index contributed by atoms with van der Waals surface area (Å²) in [5.41, 5.74) is -3.72. The number of pyridine rings is 1. The fraction of sp³-hybridized carbons (Fsp3) is 0.591. The molecule has 1 aromatic carbocycles. The summed E-state index contributed by atoms with van der Waals surface area (Å²) >= 11 is 0. The number of fused-ring (bicyclic) bond motifs is 1. The first-order valence-corrected chi connectivity index (χ1v) is 10.5. The summed E-state index contributed by atoms with van der Waals surface area (Å²) in [6, 6.07) is 3.16. The molecule has 1 fully saturated rings. The minimum absolute atomic E-state index is 0.132. The Balaban J connectivity index is 0.000000884. The molecule has 1 aliphatic heterocycles. The molecule has 2 unspecified atom stereocenters. The molecule has 1 saturated heterocycles. The number of halogens is 6. The third kappa shape index (κ3) is 7.07. The van der Waals surface area contributed by atoms with Crippen LogP contribution in [-0.2, 0) is 12.4 Å². The molecule has 2 heterocycles. The highest BCUT2D eigenvalue weighted by molar-refractivity contribution is 5.86. The van der Waals surface area contributed by atoms with Gasteiger partial charge in [-0.3, -0.25) is 0 Å². The first-order chi connectivity index (χ1) is 14.5. The number of piperidine rings is 1. The lowest BCUT2D eigenvalue weighted by Crippen LogP contribution is -2.39. The molecule has 1 aromatic heterocycles. The number of nitrogens with zero attached hydrogens (tertiary/aromatic N) is 1. The van der Waals surface area contributed by atoms with Gasteiger partial charge in [0.2, 0.25) is 0 Å². The molecule has 2 aromatic rings. The zero-order valence-electron chi connectivity index (χ0n) is 18.2. The van der Waals surface area contributed by atoms with Crippen LogP contribution in [0.25, 0.3) is 10.9 Å². The first kappa shape index (κ1) is 27.2. The van der Waals surface area contributed by atoms with E-state index in [4.69, 9.17) is 0 Å². The molecule has 9 heteroatoms. The highest BCUT2D eigenvalue weighted by atomic mass is 19.4. The molecular formula is C22H30F6N2O. The zero-order chi connectivity index (χ0) is 23.8. The van der Waals surface area contributed by atoms with E-state index in [9.17, 15) is 31.4 Å². The maximum absolute atomic E-state index is 13.2. The highest BCUT2D eigenvalue weighted by Crippen LogP contribution is 2.39. The van der Waals surface area contributed by atoms with E-state index in [-0.39, 0.29) is 10.9 Å². The van der Waals surface area contributed by atoms with Crippen molar-refractivity contribution in [3.63, 3.8) is 0 Å². The summed E-state index contributed by atoms with van der Waals surface area (Å²) in [4.78, 5) is 3.22. The van der Waals surface area contributed by atoms with Gasteiger partial charge in [0.05, 0.1) is 17.2 Å². The quantitative estimate of drug-likeness (QED) is 0.488. The second-order valence-electron chi connectivity index (χ2n) is 7.00. The van der Waals surface area contributed by atoms with Crippen molar-refractivity contribution < 1.29 is 31.4 Å². The van der Waals surface area contributed by atoms with Crippen LogP contribution in [0.2, 0.25) is 0 Å². The molecule has 0 spiro atoms. The van der Waals surface area contributed by atoms with Gasteiger partial charge in [-0.2, -0.15) is 26.3 Å². The van der Waals surface area contributed by atoms with Gasteiger partial charge in [-0.15, -0.1) is 0 Å². The van der Waals surface area contributed by atoms with Gasteiger partial charge in [-0.25, -0.2) is 4.98 Å². The zero-order valence-corrected chi connectivity index (χ0v) is 18.2. The van der Waals surface area contributed by atoms with Gasteiger partial charge < -0.3 is 10.4 Å². The number of hydrogen-bond acceptors (Lipinski definition) is 3. The lowest BCUT2D eigenvalue weighted by atomic mass is 9.91. The van der Waals surface area contributed by atoms with Crippen LogP contribution in [0.4, 0.5) is 26.3 Å². The Bertz CT molecular complexity index is 814. The van der Waals surface area contributed by atoms with E-state index >= 15 is 0 Å². The lowest BCUT2D eigenvalue weighted by molar-refractivity contribution is -0.142. The number of nitrogens with one attached hydrogen (secondary N) is 1. The molecule has 176 valence electrons. The summed E-state index contributed by atoms with van der Waals surface area (Å²) in [6.07, 6.45) is -7.75. The standard InChI is InChI=1S/C17H16F6N2O.C3H8.C2H6/c18-16(19,20)11-5-3-4-9-10(15(26)12-6-1-2-7-24-12)8-13(17(21,22)23)25-14(9)11;1-3-2;1-2/h3-5,8,12,15,24,26H,1-2,6-7H2;3H2,1-2H3;1-2H3. The van der Waals surface area contributed by atoms with Crippen molar-refractivity contribution in [1.82, 2.24) is 10.3 Å². The van der Waals surface area contributed by atoms with Gasteiger partial charge in [0.1, 0.15) is 5.69 Å². The molecule has 3 rings (SSSR count). The lowest BCUT2D eigenvalue weighted by Gasteiger charge is -2.29. The number of hydrogen-bond donors (Lipinski definition) is 2. The van der Waals surface area contributed by atoms with Gasteiger partial charge in [-0.1, -0.05) is 52.7 Å². The van der Waals surface area contributed by atoms with Crippen LogP contribution < -0.4 is 5.32 Å². The summed E-state index contributed by atoms with van der Waals surface area (Å²) in [7, 11) is 0. The Morgan fingerprint density at radius 1 is 1.06 bits per heavy atom. The first-order valence-electron chi connectivity index (χ1n) is 10.5. The third-order valence-electron chi connectivity index (χ3n) is 4.52. The summed E-state index contributed by atoms with van der Waals surface area (Å²) < 4.78 is 79.3. The minimum atomic E-state index is -4.93. The SMILES string of the molecule is CC.CCC.OC(c1cc(C(F)(F)F)nc2c(C(F)(F)F)cccc12)C1CCCCN1. The molecule has 0 saturated carbocycles. The molecular weight excluding hydrogens is 422 g/mol. The second kappa shape index (κ2) is 11.7. The van der Waals surface area contributed by atoms with Crippen LogP contribution in [0.15, 0.2) is 24.3 Å². The predicted octanol–water partition coefficient (Wildman–Crippen LogP) is 6.89. The van der Waals surface area contributed by atoms with E-state index in [1.165, 1.54) is 12.5 Å². The Morgan fingerprint density at radius 3 is 2.16 bits per heavy atom. The number of benzene rings is 1. The molecule has 1 aliphatic rings. The van der Waals surface area contributed by atoms with Gasteiger partial charge in [-0.05, 0) is 37.1 Å². The van der Waals surface area contributed by atoms with Crippen LogP contribution in [0.3, 0.4) is 0 Å². The monoisotopic (exact) mass is 452 g/mol. The van der Waals surface area contributed by atoms with Crippen molar-refractivity contribution in [2.45, 2.75) is 77.9 Å².